The Morgan fingerprint density at radius 2 is 2.14 bits per heavy atom. The van der Waals surface area contributed by atoms with Crippen molar-refractivity contribution in [1.82, 2.24) is 4.90 Å². The molecule has 0 N–H and O–H groups in total. The van der Waals surface area contributed by atoms with Crippen molar-refractivity contribution in [1.29, 1.82) is 0 Å². The fraction of sp³-hybridized carbons (Fsp3) is 1.00. The summed E-state index contributed by atoms with van der Waals surface area (Å²) in [5.41, 5.74) is -0.776. The molecule has 1 aliphatic carbocycles. The molecule has 0 aromatic heterocycles. The highest BCUT2D eigenvalue weighted by Crippen LogP contribution is 2.60. The lowest BCUT2D eigenvalue weighted by atomic mass is 10.1. The first kappa shape index (κ1) is 10.6. The molecular weight excluding hydrogens is 208 g/mol. The van der Waals surface area contributed by atoms with Crippen LogP contribution in [0.15, 0.2) is 0 Å². The molecule has 1 heterocycles. The molecule has 2 atom stereocenters. The third kappa shape index (κ3) is 1.65. The van der Waals surface area contributed by atoms with Crippen LogP contribution in [0.2, 0.25) is 0 Å². The average molecular weight is 224 g/mol. The molecule has 1 nitrogen and oxygen atoms in total. The maximum atomic E-state index is 13.0. The van der Waals surface area contributed by atoms with Gasteiger partial charge in [0, 0.05) is 30.3 Å². The van der Waals surface area contributed by atoms with E-state index in [-0.39, 0.29) is 6.42 Å². The standard InChI is InChI=1S/C10H16ClF2N/c1-9(6-10(9,12)13)7-14-4-2-3-8(14)5-11/h8H,2-7H2,1H3/t8-,9?/m0/s1. The number of nitrogens with zero attached hydrogens (tertiary/aromatic N) is 1. The summed E-state index contributed by atoms with van der Waals surface area (Å²) in [6.45, 7) is 3.12. The Kier molecular flexibility index (Phi) is 2.51. The first-order chi connectivity index (χ1) is 6.48. The van der Waals surface area contributed by atoms with Crippen LogP contribution >= 0.6 is 11.6 Å². The largest absolute Gasteiger partial charge is 0.298 e. The quantitative estimate of drug-likeness (QED) is 0.665. The molecule has 0 radical (unpaired) electrons. The summed E-state index contributed by atoms with van der Waals surface area (Å²) < 4.78 is 26.0. The van der Waals surface area contributed by atoms with E-state index >= 15 is 0 Å². The summed E-state index contributed by atoms with van der Waals surface area (Å²) in [5, 5.41) is 0. The molecule has 1 saturated heterocycles. The van der Waals surface area contributed by atoms with E-state index < -0.39 is 11.3 Å². The zero-order valence-corrected chi connectivity index (χ0v) is 9.16. The number of hydrogen-bond acceptors (Lipinski definition) is 1. The van der Waals surface area contributed by atoms with Crippen LogP contribution < -0.4 is 0 Å². The summed E-state index contributed by atoms with van der Waals surface area (Å²) in [5.74, 6) is -1.87. The normalized spacial score (nSPS) is 41.6. The minimum absolute atomic E-state index is 0.0471. The van der Waals surface area contributed by atoms with E-state index in [1.54, 1.807) is 6.92 Å². The van der Waals surface area contributed by atoms with E-state index in [9.17, 15) is 8.78 Å². The minimum atomic E-state index is -2.44. The second-order valence-electron chi connectivity index (χ2n) is 4.86. The Balaban J connectivity index is 1.92. The minimum Gasteiger partial charge on any atom is -0.298 e. The van der Waals surface area contributed by atoms with Crippen LogP contribution in [0.1, 0.15) is 26.2 Å². The fourth-order valence-electron chi connectivity index (χ4n) is 2.34. The number of likely N-dealkylation sites (tertiary alicyclic amines) is 1. The van der Waals surface area contributed by atoms with Gasteiger partial charge in [-0.2, -0.15) is 0 Å². The van der Waals surface area contributed by atoms with Crippen LogP contribution in [-0.2, 0) is 0 Å². The van der Waals surface area contributed by atoms with Gasteiger partial charge in [0.05, 0.1) is 0 Å². The van der Waals surface area contributed by atoms with Gasteiger partial charge >= 0.3 is 0 Å². The van der Waals surface area contributed by atoms with E-state index in [4.69, 9.17) is 11.6 Å². The SMILES string of the molecule is CC1(CN2CCC[C@H]2CCl)CC1(F)F. The highest BCUT2D eigenvalue weighted by Gasteiger charge is 2.68. The van der Waals surface area contributed by atoms with Gasteiger partial charge in [0.2, 0.25) is 0 Å². The van der Waals surface area contributed by atoms with Crippen molar-refractivity contribution in [3.05, 3.63) is 0 Å². The Labute approximate surface area is 88.4 Å². The predicted octanol–water partition coefficient (Wildman–Crippen LogP) is 2.73. The second kappa shape index (κ2) is 3.31. The van der Waals surface area contributed by atoms with Crippen LogP contribution in [0.5, 0.6) is 0 Å². The Morgan fingerprint density at radius 3 is 2.64 bits per heavy atom. The van der Waals surface area contributed by atoms with Gasteiger partial charge in [0.1, 0.15) is 0 Å². The van der Waals surface area contributed by atoms with E-state index in [1.807, 2.05) is 0 Å². The molecule has 82 valence electrons. The summed E-state index contributed by atoms with van der Waals surface area (Å²) in [6, 6.07) is 0.324. The lowest BCUT2D eigenvalue weighted by molar-refractivity contribution is 0.0522. The molecular formula is C10H16ClF2N. The van der Waals surface area contributed by atoms with Crippen LogP contribution in [-0.4, -0.2) is 35.8 Å². The molecule has 0 spiro atoms. The lowest BCUT2D eigenvalue weighted by Crippen LogP contribution is -2.36. The molecule has 4 heteroatoms. The van der Waals surface area contributed by atoms with Gasteiger partial charge in [-0.05, 0) is 19.4 Å². The van der Waals surface area contributed by atoms with Gasteiger partial charge in [0.15, 0.2) is 0 Å². The van der Waals surface area contributed by atoms with Gasteiger partial charge in [-0.3, -0.25) is 4.90 Å². The van der Waals surface area contributed by atoms with Crippen molar-refractivity contribution in [3.8, 4) is 0 Å². The molecule has 2 fully saturated rings. The Hall–Kier alpha value is 0.110. The van der Waals surface area contributed by atoms with Crippen molar-refractivity contribution in [2.75, 3.05) is 19.0 Å². The highest BCUT2D eigenvalue weighted by molar-refractivity contribution is 6.18. The number of halogens is 3. The molecule has 0 amide bonds. The maximum Gasteiger partial charge on any atom is 0.255 e. The van der Waals surface area contributed by atoms with E-state index in [1.165, 1.54) is 0 Å². The van der Waals surface area contributed by atoms with E-state index in [2.05, 4.69) is 4.90 Å². The van der Waals surface area contributed by atoms with Crippen molar-refractivity contribution >= 4 is 11.6 Å². The predicted molar refractivity (Wildman–Crippen MR) is 53.0 cm³/mol. The third-order valence-electron chi connectivity index (χ3n) is 3.60. The maximum absolute atomic E-state index is 13.0. The monoisotopic (exact) mass is 223 g/mol. The molecule has 2 rings (SSSR count). The summed E-state index contributed by atoms with van der Waals surface area (Å²) in [6.07, 6.45) is 2.20. The number of rotatable bonds is 3. The van der Waals surface area contributed by atoms with Crippen molar-refractivity contribution < 1.29 is 8.78 Å². The lowest BCUT2D eigenvalue weighted by Gasteiger charge is -2.25. The third-order valence-corrected chi connectivity index (χ3v) is 3.96. The molecule has 2 aliphatic rings. The molecule has 1 aliphatic heterocycles. The van der Waals surface area contributed by atoms with Crippen LogP contribution in [0.4, 0.5) is 8.78 Å². The van der Waals surface area contributed by atoms with Crippen LogP contribution in [0.25, 0.3) is 0 Å². The first-order valence-corrected chi connectivity index (χ1v) is 5.70. The molecule has 0 bridgehead atoms. The molecule has 14 heavy (non-hydrogen) atoms. The van der Waals surface area contributed by atoms with E-state index in [0.29, 0.717) is 18.5 Å². The van der Waals surface area contributed by atoms with Gasteiger partial charge in [-0.25, -0.2) is 8.78 Å². The molecule has 1 unspecified atom stereocenters. The van der Waals surface area contributed by atoms with E-state index in [0.717, 1.165) is 19.4 Å². The number of hydrogen-bond donors (Lipinski definition) is 0. The van der Waals surface area contributed by atoms with Crippen LogP contribution in [0, 0.1) is 5.41 Å². The fourth-order valence-corrected chi connectivity index (χ4v) is 2.69. The van der Waals surface area contributed by atoms with Gasteiger partial charge < -0.3 is 0 Å². The van der Waals surface area contributed by atoms with Gasteiger partial charge in [0.25, 0.3) is 5.92 Å². The summed E-state index contributed by atoms with van der Waals surface area (Å²) in [4.78, 5) is 2.13. The zero-order chi connectivity index (χ0) is 10.4. The Morgan fingerprint density at radius 1 is 1.50 bits per heavy atom. The van der Waals surface area contributed by atoms with Crippen molar-refractivity contribution in [3.63, 3.8) is 0 Å². The Bertz CT molecular complexity index is 234. The second-order valence-corrected chi connectivity index (χ2v) is 5.17. The molecule has 0 aromatic carbocycles. The average Bonchev–Trinajstić information content (AvgIpc) is 2.48. The summed E-state index contributed by atoms with van der Waals surface area (Å²) in [7, 11) is 0. The molecule has 1 saturated carbocycles. The molecule has 0 aromatic rings. The van der Waals surface area contributed by atoms with Crippen molar-refractivity contribution in [2.45, 2.75) is 38.2 Å². The highest BCUT2D eigenvalue weighted by atomic mass is 35.5. The topological polar surface area (TPSA) is 3.24 Å². The smallest absolute Gasteiger partial charge is 0.255 e. The van der Waals surface area contributed by atoms with Crippen LogP contribution in [0.3, 0.4) is 0 Å². The summed E-state index contributed by atoms with van der Waals surface area (Å²) >= 11 is 5.79. The van der Waals surface area contributed by atoms with Gasteiger partial charge in [-0.1, -0.05) is 6.92 Å². The van der Waals surface area contributed by atoms with Crippen molar-refractivity contribution in [2.24, 2.45) is 5.41 Å². The zero-order valence-electron chi connectivity index (χ0n) is 8.40. The first-order valence-electron chi connectivity index (χ1n) is 5.16. The van der Waals surface area contributed by atoms with Gasteiger partial charge in [-0.15, -0.1) is 11.6 Å². The number of alkyl halides is 3.